The summed E-state index contributed by atoms with van der Waals surface area (Å²) in [6, 6.07) is 21.3. The number of rotatable bonds is 7. The number of amides is 1. The minimum absolute atomic E-state index is 0.0780. The second kappa shape index (κ2) is 11.9. The van der Waals surface area contributed by atoms with Crippen molar-refractivity contribution in [1.82, 2.24) is 19.7 Å². The first-order valence-corrected chi connectivity index (χ1v) is 13.4. The van der Waals surface area contributed by atoms with Crippen molar-refractivity contribution in [3.05, 3.63) is 88.5 Å². The second-order valence-corrected chi connectivity index (χ2v) is 10.3. The lowest BCUT2D eigenvalue weighted by molar-refractivity contribution is -0.119. The number of halogens is 1. The molecule has 0 N–H and O–H groups in total. The van der Waals surface area contributed by atoms with Crippen molar-refractivity contribution in [2.45, 2.75) is 32.7 Å². The Morgan fingerprint density at radius 3 is 2.49 bits per heavy atom. The summed E-state index contributed by atoms with van der Waals surface area (Å²) < 4.78 is 7.38. The standard InChI is InChI=1S/C30H30ClN5O3/c1-20(37)28-30(32-27(38)17-21-13-15-36(16-14-21)19-22-7-4-3-5-8-22)35(2)34-29(33-28)26-12-11-25(39-26)23-9-6-10-24(31)18-23/h3-12,18,21H,13-17,19H2,1-2H3. The van der Waals surface area contributed by atoms with E-state index in [0.717, 1.165) is 38.0 Å². The summed E-state index contributed by atoms with van der Waals surface area (Å²) in [7, 11) is 1.65. The molecule has 0 saturated carbocycles. The number of carbonyl (C=O) groups is 2. The van der Waals surface area contributed by atoms with Gasteiger partial charge in [0.15, 0.2) is 22.7 Å². The van der Waals surface area contributed by atoms with Crippen LogP contribution in [0.4, 0.5) is 0 Å². The Labute approximate surface area is 232 Å². The number of aromatic nitrogens is 3. The predicted molar refractivity (Wildman–Crippen MR) is 149 cm³/mol. The largest absolute Gasteiger partial charge is 0.453 e. The fourth-order valence-corrected chi connectivity index (χ4v) is 5.03. The third-order valence-corrected chi connectivity index (χ3v) is 7.13. The Balaban J connectivity index is 1.30. The van der Waals surface area contributed by atoms with Crippen LogP contribution in [-0.2, 0) is 18.4 Å². The average molecular weight is 544 g/mol. The third-order valence-electron chi connectivity index (χ3n) is 6.90. The Morgan fingerprint density at radius 2 is 1.77 bits per heavy atom. The molecule has 2 aromatic carbocycles. The first-order chi connectivity index (χ1) is 18.9. The minimum atomic E-state index is -0.309. The fourth-order valence-electron chi connectivity index (χ4n) is 4.84. The number of hydrogen-bond acceptors (Lipinski definition) is 6. The number of ketones is 1. The number of aryl methyl sites for hydroxylation is 1. The molecule has 4 aromatic rings. The summed E-state index contributed by atoms with van der Waals surface area (Å²) in [6.45, 7) is 4.20. The highest BCUT2D eigenvalue weighted by atomic mass is 35.5. The molecule has 1 aliphatic heterocycles. The summed E-state index contributed by atoms with van der Waals surface area (Å²) in [4.78, 5) is 36.5. The Hall–Kier alpha value is -3.88. The van der Waals surface area contributed by atoms with Crippen LogP contribution < -0.4 is 5.49 Å². The van der Waals surface area contributed by atoms with Gasteiger partial charge in [-0.2, -0.15) is 4.99 Å². The molecular formula is C30H30ClN5O3. The van der Waals surface area contributed by atoms with Gasteiger partial charge >= 0.3 is 0 Å². The normalized spacial score (nSPS) is 15.0. The molecule has 3 heterocycles. The number of likely N-dealkylation sites (tertiary alicyclic amines) is 1. The Kier molecular flexibility index (Phi) is 8.14. The third kappa shape index (κ3) is 6.58. The summed E-state index contributed by atoms with van der Waals surface area (Å²) in [6.07, 6.45) is 2.20. The summed E-state index contributed by atoms with van der Waals surface area (Å²) in [5, 5.41) is 5.04. The highest BCUT2D eigenvalue weighted by Crippen LogP contribution is 2.28. The topological polar surface area (TPSA) is 93.6 Å². The summed E-state index contributed by atoms with van der Waals surface area (Å²) in [5.74, 6) is 0.898. The van der Waals surface area contributed by atoms with E-state index in [-0.39, 0.29) is 34.6 Å². The predicted octanol–water partition coefficient (Wildman–Crippen LogP) is 5.33. The Bertz CT molecular complexity index is 1550. The van der Waals surface area contributed by atoms with Gasteiger partial charge in [0.25, 0.3) is 0 Å². The van der Waals surface area contributed by atoms with Crippen LogP contribution >= 0.6 is 11.6 Å². The van der Waals surface area contributed by atoms with Crippen LogP contribution in [0, 0.1) is 5.92 Å². The smallest absolute Gasteiger partial charge is 0.248 e. The molecule has 0 atom stereocenters. The van der Waals surface area contributed by atoms with Crippen molar-refractivity contribution in [3.63, 3.8) is 0 Å². The van der Waals surface area contributed by atoms with Gasteiger partial charge in [-0.15, -0.1) is 5.10 Å². The van der Waals surface area contributed by atoms with Gasteiger partial charge in [0, 0.05) is 37.5 Å². The van der Waals surface area contributed by atoms with E-state index in [2.05, 4.69) is 44.2 Å². The first-order valence-electron chi connectivity index (χ1n) is 13.0. The molecule has 8 nitrogen and oxygen atoms in total. The lowest BCUT2D eigenvalue weighted by atomic mass is 9.93. The maximum Gasteiger partial charge on any atom is 0.248 e. The van der Waals surface area contributed by atoms with Crippen LogP contribution in [0.3, 0.4) is 0 Å². The van der Waals surface area contributed by atoms with Crippen molar-refractivity contribution in [1.29, 1.82) is 0 Å². The van der Waals surface area contributed by atoms with Crippen molar-refractivity contribution < 1.29 is 14.0 Å². The molecule has 9 heteroatoms. The number of nitrogens with zero attached hydrogens (tertiary/aromatic N) is 5. The van der Waals surface area contributed by atoms with Crippen LogP contribution in [0.1, 0.15) is 42.2 Å². The molecule has 0 unspecified atom stereocenters. The zero-order valence-corrected chi connectivity index (χ0v) is 22.8. The number of furan rings is 1. The fraction of sp³-hybridized carbons (Fsp3) is 0.300. The lowest BCUT2D eigenvalue weighted by Gasteiger charge is -2.31. The molecule has 1 amide bonds. The molecule has 2 aromatic heterocycles. The monoisotopic (exact) mass is 543 g/mol. The van der Waals surface area contributed by atoms with E-state index in [1.807, 2.05) is 18.2 Å². The van der Waals surface area contributed by atoms with Gasteiger partial charge in [0.1, 0.15) is 5.76 Å². The van der Waals surface area contributed by atoms with Crippen LogP contribution in [0.2, 0.25) is 5.02 Å². The van der Waals surface area contributed by atoms with E-state index in [1.165, 1.54) is 17.2 Å². The maximum absolute atomic E-state index is 12.9. The molecule has 0 radical (unpaired) electrons. The number of hydrogen-bond donors (Lipinski definition) is 0. The zero-order chi connectivity index (χ0) is 27.4. The lowest BCUT2D eigenvalue weighted by Crippen LogP contribution is -2.34. The van der Waals surface area contributed by atoms with Gasteiger partial charge in [0.2, 0.25) is 11.7 Å². The second-order valence-electron chi connectivity index (χ2n) is 9.88. The van der Waals surface area contributed by atoms with Crippen LogP contribution in [-0.4, -0.2) is 44.4 Å². The van der Waals surface area contributed by atoms with Crippen molar-refractivity contribution in [2.24, 2.45) is 18.0 Å². The van der Waals surface area contributed by atoms with Crippen molar-refractivity contribution in [3.8, 4) is 22.9 Å². The van der Waals surface area contributed by atoms with Crippen LogP contribution in [0.15, 0.2) is 76.1 Å². The highest BCUT2D eigenvalue weighted by molar-refractivity contribution is 6.30. The summed E-state index contributed by atoms with van der Waals surface area (Å²) >= 11 is 6.10. The van der Waals surface area contributed by atoms with Gasteiger partial charge in [-0.25, -0.2) is 9.67 Å². The van der Waals surface area contributed by atoms with Crippen LogP contribution in [0.5, 0.6) is 0 Å². The SMILES string of the molecule is CC(=O)c1nc(-c2ccc(-c3cccc(Cl)c3)o2)nn(C)c1=NC(=O)CC1CCN(Cc2ccccc2)CC1. The van der Waals surface area contributed by atoms with Gasteiger partial charge < -0.3 is 4.42 Å². The van der Waals surface area contributed by atoms with E-state index in [4.69, 9.17) is 16.0 Å². The Morgan fingerprint density at radius 1 is 1.03 bits per heavy atom. The number of Topliss-reactive ketones (excluding diaryl/α,β-unsaturated/α-hetero) is 1. The molecule has 0 spiro atoms. The first kappa shape index (κ1) is 26.7. The molecule has 200 valence electrons. The van der Waals surface area contributed by atoms with Crippen LogP contribution in [0.25, 0.3) is 22.9 Å². The quantitative estimate of drug-likeness (QED) is 0.293. The molecule has 39 heavy (non-hydrogen) atoms. The minimum Gasteiger partial charge on any atom is -0.453 e. The van der Waals surface area contributed by atoms with E-state index in [9.17, 15) is 9.59 Å². The summed E-state index contributed by atoms with van der Waals surface area (Å²) in [5.41, 5.74) is 2.34. The van der Waals surface area contributed by atoms with E-state index in [0.29, 0.717) is 23.0 Å². The van der Waals surface area contributed by atoms with Crippen molar-refractivity contribution in [2.75, 3.05) is 13.1 Å². The van der Waals surface area contributed by atoms with E-state index < -0.39 is 0 Å². The molecule has 1 saturated heterocycles. The van der Waals surface area contributed by atoms with E-state index >= 15 is 0 Å². The van der Waals surface area contributed by atoms with E-state index in [1.54, 1.807) is 31.3 Å². The van der Waals surface area contributed by atoms with Gasteiger partial charge in [-0.1, -0.05) is 54.1 Å². The zero-order valence-electron chi connectivity index (χ0n) is 22.0. The molecular weight excluding hydrogens is 514 g/mol. The molecule has 0 bridgehead atoms. The molecule has 0 aliphatic carbocycles. The van der Waals surface area contributed by atoms with Gasteiger partial charge in [-0.3, -0.25) is 14.5 Å². The molecule has 5 rings (SSSR count). The number of carbonyl (C=O) groups excluding carboxylic acids is 2. The molecule has 1 fully saturated rings. The highest BCUT2D eigenvalue weighted by Gasteiger charge is 2.22. The number of piperidine rings is 1. The van der Waals surface area contributed by atoms with Gasteiger partial charge in [0.05, 0.1) is 0 Å². The van der Waals surface area contributed by atoms with Gasteiger partial charge in [-0.05, 0) is 61.7 Å². The average Bonchev–Trinajstić information content (AvgIpc) is 3.42. The molecule has 1 aliphatic rings. The van der Waals surface area contributed by atoms with Crippen molar-refractivity contribution >= 4 is 23.3 Å². The maximum atomic E-state index is 12.9. The number of benzene rings is 2.